The molecule has 1 aromatic rings. The molecule has 3 nitrogen and oxygen atoms in total. The molecule has 2 rings (SSSR count). The lowest BCUT2D eigenvalue weighted by atomic mass is 9.84. The maximum atomic E-state index is 11.3. The molecule has 0 bridgehead atoms. The van der Waals surface area contributed by atoms with Gasteiger partial charge >= 0.3 is 5.97 Å². The summed E-state index contributed by atoms with van der Waals surface area (Å²) in [6.45, 7) is 4.19. The van der Waals surface area contributed by atoms with Crippen LogP contribution in [0, 0.1) is 0 Å². The van der Waals surface area contributed by atoms with Gasteiger partial charge < -0.3 is 10.4 Å². The second-order valence-corrected chi connectivity index (χ2v) is 4.95. The molecule has 1 aliphatic carbocycles. The fraction of sp³-hybridized carbons (Fsp3) is 0.500. The van der Waals surface area contributed by atoms with Gasteiger partial charge in [0.1, 0.15) is 0 Å². The molecule has 0 heterocycles. The minimum absolute atomic E-state index is 0.186. The van der Waals surface area contributed by atoms with Gasteiger partial charge in [0.25, 0.3) is 0 Å². The Morgan fingerprint density at radius 2 is 2.24 bits per heavy atom. The maximum absolute atomic E-state index is 11.3. The molecule has 1 aliphatic rings. The average Bonchev–Trinajstić information content (AvgIpc) is 2.27. The summed E-state index contributed by atoms with van der Waals surface area (Å²) < 4.78 is 0. The van der Waals surface area contributed by atoms with Crippen LogP contribution in [0.2, 0.25) is 0 Å². The largest absolute Gasteiger partial charge is 0.478 e. The third kappa shape index (κ3) is 2.50. The number of nitrogens with one attached hydrogen (secondary N) is 1. The van der Waals surface area contributed by atoms with Crippen LogP contribution in [0.5, 0.6) is 0 Å². The Morgan fingerprint density at radius 3 is 2.88 bits per heavy atom. The van der Waals surface area contributed by atoms with Gasteiger partial charge in [-0.25, -0.2) is 4.79 Å². The average molecular weight is 233 g/mol. The lowest BCUT2D eigenvalue weighted by Crippen LogP contribution is -2.32. The number of benzene rings is 1. The normalized spacial score (nSPS) is 19.1. The van der Waals surface area contributed by atoms with E-state index >= 15 is 0 Å². The first-order valence-corrected chi connectivity index (χ1v) is 6.20. The number of fused-ring (bicyclic) bond motifs is 1. The van der Waals surface area contributed by atoms with Gasteiger partial charge in [-0.1, -0.05) is 26.0 Å². The zero-order chi connectivity index (χ0) is 12.4. The van der Waals surface area contributed by atoms with Crippen molar-refractivity contribution in [3.8, 4) is 0 Å². The molecule has 2 N–H and O–H groups in total. The summed E-state index contributed by atoms with van der Waals surface area (Å²) in [7, 11) is 0. The molecule has 0 fully saturated rings. The van der Waals surface area contributed by atoms with E-state index in [-0.39, 0.29) is 6.04 Å². The number of rotatable bonds is 3. The molecule has 0 saturated carbocycles. The van der Waals surface area contributed by atoms with E-state index in [1.165, 1.54) is 5.56 Å². The van der Waals surface area contributed by atoms with E-state index in [2.05, 4.69) is 25.2 Å². The van der Waals surface area contributed by atoms with Crippen molar-refractivity contribution in [2.75, 3.05) is 0 Å². The number of aryl methyl sites for hydroxylation is 1. The fourth-order valence-electron chi connectivity index (χ4n) is 2.64. The Kier molecular flexibility index (Phi) is 3.48. The molecule has 0 aromatic heterocycles. The van der Waals surface area contributed by atoms with Gasteiger partial charge in [0.15, 0.2) is 0 Å². The number of carboxylic acids is 1. The monoisotopic (exact) mass is 233 g/mol. The summed E-state index contributed by atoms with van der Waals surface area (Å²) in [5.74, 6) is -0.820. The predicted molar refractivity (Wildman–Crippen MR) is 67.4 cm³/mol. The zero-order valence-electron chi connectivity index (χ0n) is 10.4. The van der Waals surface area contributed by atoms with Crippen LogP contribution in [0.25, 0.3) is 0 Å². The van der Waals surface area contributed by atoms with Gasteiger partial charge in [-0.05, 0) is 36.5 Å². The number of hydrogen-bond donors (Lipinski definition) is 2. The van der Waals surface area contributed by atoms with Gasteiger partial charge in [-0.2, -0.15) is 0 Å². The molecule has 0 aliphatic heterocycles. The second-order valence-electron chi connectivity index (χ2n) is 4.95. The molecular weight excluding hydrogens is 214 g/mol. The van der Waals surface area contributed by atoms with Crippen molar-refractivity contribution in [3.63, 3.8) is 0 Å². The molecule has 1 aromatic carbocycles. The third-order valence-corrected chi connectivity index (χ3v) is 3.25. The molecule has 0 radical (unpaired) electrons. The Hall–Kier alpha value is -1.35. The number of aromatic carboxylic acids is 1. The van der Waals surface area contributed by atoms with Crippen LogP contribution in [-0.4, -0.2) is 17.1 Å². The van der Waals surface area contributed by atoms with Crippen LogP contribution >= 0.6 is 0 Å². The first kappa shape index (κ1) is 12.1. The maximum Gasteiger partial charge on any atom is 0.336 e. The summed E-state index contributed by atoms with van der Waals surface area (Å²) in [5, 5.41) is 12.7. The molecule has 0 amide bonds. The van der Waals surface area contributed by atoms with Gasteiger partial charge in [0.2, 0.25) is 0 Å². The number of carbonyl (C=O) groups is 1. The summed E-state index contributed by atoms with van der Waals surface area (Å²) in [5.41, 5.74) is 2.65. The highest BCUT2D eigenvalue weighted by Crippen LogP contribution is 2.32. The highest BCUT2D eigenvalue weighted by molar-refractivity contribution is 5.90. The van der Waals surface area contributed by atoms with E-state index in [1.807, 2.05) is 6.07 Å². The molecule has 0 saturated heterocycles. The van der Waals surface area contributed by atoms with Gasteiger partial charge in [0.05, 0.1) is 5.56 Å². The van der Waals surface area contributed by atoms with E-state index in [0.717, 1.165) is 24.8 Å². The summed E-state index contributed by atoms with van der Waals surface area (Å²) >= 11 is 0. The number of carboxylic acid groups (broad SMARTS) is 1. The molecule has 17 heavy (non-hydrogen) atoms. The summed E-state index contributed by atoms with van der Waals surface area (Å²) in [6, 6.07) is 6.16. The van der Waals surface area contributed by atoms with Crippen molar-refractivity contribution >= 4 is 5.97 Å². The van der Waals surface area contributed by atoms with E-state index in [9.17, 15) is 9.90 Å². The van der Waals surface area contributed by atoms with Crippen molar-refractivity contribution < 1.29 is 9.90 Å². The van der Waals surface area contributed by atoms with Crippen LogP contribution in [0.15, 0.2) is 18.2 Å². The minimum atomic E-state index is -0.820. The van der Waals surface area contributed by atoms with Gasteiger partial charge in [0, 0.05) is 12.1 Å². The Labute approximate surface area is 102 Å². The van der Waals surface area contributed by atoms with E-state index < -0.39 is 5.97 Å². The van der Waals surface area contributed by atoms with Crippen molar-refractivity contribution in [1.82, 2.24) is 5.32 Å². The van der Waals surface area contributed by atoms with Crippen LogP contribution < -0.4 is 5.32 Å². The van der Waals surface area contributed by atoms with Crippen LogP contribution in [0.3, 0.4) is 0 Å². The standard InChI is InChI=1S/C14H19NO2/c1-9(2)15-12-8-4-6-10-5-3-7-11(13(10)12)14(16)17/h3,5,7,9,12,15H,4,6,8H2,1-2H3,(H,16,17). The molecule has 1 unspecified atom stereocenters. The zero-order valence-corrected chi connectivity index (χ0v) is 10.4. The lowest BCUT2D eigenvalue weighted by Gasteiger charge is -2.29. The lowest BCUT2D eigenvalue weighted by molar-refractivity contribution is 0.0694. The topological polar surface area (TPSA) is 49.3 Å². The van der Waals surface area contributed by atoms with Crippen LogP contribution in [-0.2, 0) is 6.42 Å². The van der Waals surface area contributed by atoms with Crippen molar-refractivity contribution in [1.29, 1.82) is 0 Å². The van der Waals surface area contributed by atoms with Crippen molar-refractivity contribution in [2.24, 2.45) is 0 Å². The van der Waals surface area contributed by atoms with Crippen LogP contribution in [0.1, 0.15) is 54.2 Å². The molecule has 0 spiro atoms. The minimum Gasteiger partial charge on any atom is -0.478 e. The van der Waals surface area contributed by atoms with E-state index in [1.54, 1.807) is 6.07 Å². The highest BCUT2D eigenvalue weighted by atomic mass is 16.4. The van der Waals surface area contributed by atoms with Crippen molar-refractivity contribution in [2.45, 2.75) is 45.2 Å². The second kappa shape index (κ2) is 4.88. The molecule has 1 atom stereocenters. The molecule has 92 valence electrons. The summed E-state index contributed by atoms with van der Waals surface area (Å²) in [4.78, 5) is 11.3. The Bertz CT molecular complexity index is 426. The van der Waals surface area contributed by atoms with Crippen molar-refractivity contribution in [3.05, 3.63) is 34.9 Å². The SMILES string of the molecule is CC(C)NC1CCCc2cccc(C(=O)O)c21. The predicted octanol–water partition coefficient (Wildman–Crippen LogP) is 2.76. The fourth-order valence-corrected chi connectivity index (χ4v) is 2.64. The highest BCUT2D eigenvalue weighted by Gasteiger charge is 2.25. The van der Waals surface area contributed by atoms with E-state index in [0.29, 0.717) is 11.6 Å². The van der Waals surface area contributed by atoms with Crippen LogP contribution in [0.4, 0.5) is 0 Å². The number of hydrogen-bond acceptors (Lipinski definition) is 2. The third-order valence-electron chi connectivity index (χ3n) is 3.25. The quantitative estimate of drug-likeness (QED) is 0.844. The van der Waals surface area contributed by atoms with Gasteiger partial charge in [-0.15, -0.1) is 0 Å². The Balaban J connectivity index is 2.43. The van der Waals surface area contributed by atoms with E-state index in [4.69, 9.17) is 0 Å². The molecular formula is C14H19NO2. The smallest absolute Gasteiger partial charge is 0.336 e. The molecule has 3 heteroatoms. The Morgan fingerprint density at radius 1 is 1.47 bits per heavy atom. The first-order chi connectivity index (χ1) is 8.09. The summed E-state index contributed by atoms with van der Waals surface area (Å²) in [6.07, 6.45) is 3.14. The first-order valence-electron chi connectivity index (χ1n) is 6.20. The van der Waals surface area contributed by atoms with Gasteiger partial charge in [-0.3, -0.25) is 0 Å².